The topological polar surface area (TPSA) is 13.1 Å². The smallest absolute Gasteiger partial charge is 0.135 e. The summed E-state index contributed by atoms with van der Waals surface area (Å²) in [5, 5.41) is 2.27. The molecular weight excluding hydrogens is 183 g/mol. The van der Waals surface area contributed by atoms with Crippen LogP contribution >= 0.6 is 0 Å². The minimum atomic E-state index is 0.814. The molecule has 2 radical (unpaired) electrons. The molecule has 0 N–H and O–H groups in total. The number of aryl methyl sites for hydroxylation is 1. The standard InChI is InChI=1S/C13H9BO/c1-8-10(14)6-7-12-13(8)9-4-2-3-5-11(9)15-12/h2-7H,1H3. The maximum atomic E-state index is 5.89. The van der Waals surface area contributed by atoms with Crippen molar-refractivity contribution >= 4 is 35.2 Å². The molecule has 1 heterocycles. The zero-order valence-electron chi connectivity index (χ0n) is 8.45. The van der Waals surface area contributed by atoms with Crippen molar-refractivity contribution in [2.75, 3.05) is 0 Å². The summed E-state index contributed by atoms with van der Waals surface area (Å²) < 4.78 is 5.73. The molecule has 2 heteroatoms. The van der Waals surface area contributed by atoms with Gasteiger partial charge in [-0.15, -0.1) is 0 Å². The number of rotatable bonds is 0. The van der Waals surface area contributed by atoms with Gasteiger partial charge >= 0.3 is 0 Å². The first-order chi connectivity index (χ1) is 7.27. The van der Waals surface area contributed by atoms with Crippen molar-refractivity contribution in [1.82, 2.24) is 0 Å². The number of hydrogen-bond acceptors (Lipinski definition) is 1. The van der Waals surface area contributed by atoms with E-state index in [9.17, 15) is 0 Å². The monoisotopic (exact) mass is 192 g/mol. The molecule has 1 aromatic heterocycles. The molecule has 15 heavy (non-hydrogen) atoms. The maximum absolute atomic E-state index is 5.89. The Labute approximate surface area is 89.1 Å². The van der Waals surface area contributed by atoms with Gasteiger partial charge in [0.05, 0.1) is 0 Å². The number of fused-ring (bicyclic) bond motifs is 3. The van der Waals surface area contributed by atoms with Gasteiger partial charge in [0.25, 0.3) is 0 Å². The summed E-state index contributed by atoms with van der Waals surface area (Å²) >= 11 is 0. The fraction of sp³-hybridized carbons (Fsp3) is 0.0769. The third kappa shape index (κ3) is 1.11. The first kappa shape index (κ1) is 8.60. The Morgan fingerprint density at radius 2 is 1.80 bits per heavy atom. The molecular formula is C13H9BO. The first-order valence-electron chi connectivity index (χ1n) is 4.93. The fourth-order valence-electron chi connectivity index (χ4n) is 2.00. The lowest BCUT2D eigenvalue weighted by Gasteiger charge is -2.00. The average Bonchev–Trinajstić information content (AvgIpc) is 2.62. The molecule has 0 unspecified atom stereocenters. The predicted molar refractivity (Wildman–Crippen MR) is 63.8 cm³/mol. The molecule has 0 aliphatic rings. The summed E-state index contributed by atoms with van der Waals surface area (Å²) in [5.74, 6) is 0. The highest BCUT2D eigenvalue weighted by Crippen LogP contribution is 2.29. The van der Waals surface area contributed by atoms with Crippen molar-refractivity contribution in [3.05, 3.63) is 42.0 Å². The molecule has 0 fully saturated rings. The van der Waals surface area contributed by atoms with E-state index in [1.807, 2.05) is 37.3 Å². The van der Waals surface area contributed by atoms with E-state index < -0.39 is 0 Å². The molecule has 3 rings (SSSR count). The van der Waals surface area contributed by atoms with E-state index in [1.54, 1.807) is 0 Å². The van der Waals surface area contributed by atoms with E-state index >= 15 is 0 Å². The van der Waals surface area contributed by atoms with Crippen molar-refractivity contribution < 1.29 is 4.42 Å². The van der Waals surface area contributed by atoms with Crippen LogP contribution in [0.3, 0.4) is 0 Å². The summed E-state index contributed by atoms with van der Waals surface area (Å²) in [7, 11) is 5.89. The number of furan rings is 1. The van der Waals surface area contributed by atoms with Crippen molar-refractivity contribution in [3.63, 3.8) is 0 Å². The Morgan fingerprint density at radius 3 is 2.67 bits per heavy atom. The minimum Gasteiger partial charge on any atom is -0.456 e. The SMILES string of the molecule is [B]c1ccc2oc3ccccc3c2c1C. The van der Waals surface area contributed by atoms with Crippen LogP contribution in [0.5, 0.6) is 0 Å². The quantitative estimate of drug-likeness (QED) is 0.499. The lowest BCUT2D eigenvalue weighted by atomic mass is 9.89. The molecule has 0 aliphatic heterocycles. The van der Waals surface area contributed by atoms with Gasteiger partial charge in [0.15, 0.2) is 0 Å². The van der Waals surface area contributed by atoms with E-state index in [2.05, 4.69) is 6.07 Å². The summed E-state index contributed by atoms with van der Waals surface area (Å²) in [6.45, 7) is 2.03. The molecule has 0 atom stereocenters. The maximum Gasteiger partial charge on any atom is 0.135 e. The van der Waals surface area contributed by atoms with E-state index in [1.165, 1.54) is 0 Å². The van der Waals surface area contributed by atoms with Gasteiger partial charge in [-0.05, 0) is 24.6 Å². The van der Waals surface area contributed by atoms with E-state index in [4.69, 9.17) is 12.3 Å². The molecule has 0 amide bonds. The van der Waals surface area contributed by atoms with Gasteiger partial charge < -0.3 is 4.42 Å². The van der Waals surface area contributed by atoms with Crippen molar-refractivity contribution in [2.24, 2.45) is 0 Å². The van der Waals surface area contributed by atoms with Crippen molar-refractivity contribution in [2.45, 2.75) is 6.92 Å². The van der Waals surface area contributed by atoms with Gasteiger partial charge in [0, 0.05) is 10.8 Å². The third-order valence-corrected chi connectivity index (χ3v) is 2.84. The lowest BCUT2D eigenvalue weighted by Crippen LogP contribution is -2.05. The molecule has 0 spiro atoms. The van der Waals surface area contributed by atoms with E-state index in [-0.39, 0.29) is 0 Å². The molecule has 3 aromatic rings. The largest absolute Gasteiger partial charge is 0.456 e. The Hall–Kier alpha value is -1.70. The molecule has 0 saturated carbocycles. The fourth-order valence-corrected chi connectivity index (χ4v) is 2.00. The van der Waals surface area contributed by atoms with Crippen LogP contribution in [-0.2, 0) is 0 Å². The van der Waals surface area contributed by atoms with E-state index in [0.717, 1.165) is 33.0 Å². The molecule has 2 aromatic carbocycles. The number of hydrogen-bond donors (Lipinski definition) is 0. The normalized spacial score (nSPS) is 11.3. The summed E-state index contributed by atoms with van der Waals surface area (Å²) in [6, 6.07) is 11.8. The summed E-state index contributed by atoms with van der Waals surface area (Å²) in [6.07, 6.45) is 0. The first-order valence-corrected chi connectivity index (χ1v) is 4.93. The second kappa shape index (κ2) is 2.90. The van der Waals surface area contributed by atoms with Crippen LogP contribution in [0.2, 0.25) is 0 Å². The zero-order chi connectivity index (χ0) is 10.4. The highest BCUT2D eigenvalue weighted by molar-refractivity contribution is 6.35. The van der Waals surface area contributed by atoms with Crippen LogP contribution in [0, 0.1) is 6.92 Å². The van der Waals surface area contributed by atoms with Gasteiger partial charge in [-0.2, -0.15) is 0 Å². The summed E-state index contributed by atoms with van der Waals surface area (Å²) in [5.41, 5.74) is 3.73. The van der Waals surface area contributed by atoms with Crippen LogP contribution < -0.4 is 5.46 Å². The molecule has 1 nitrogen and oxygen atoms in total. The number of benzene rings is 2. The number of para-hydroxylation sites is 1. The predicted octanol–water partition coefficient (Wildman–Crippen LogP) is 2.69. The Balaban J connectivity index is 2.63. The Bertz CT molecular complexity index is 652. The van der Waals surface area contributed by atoms with Crippen molar-refractivity contribution in [1.29, 1.82) is 0 Å². The second-order valence-corrected chi connectivity index (χ2v) is 3.75. The minimum absolute atomic E-state index is 0.814. The van der Waals surface area contributed by atoms with Crippen LogP contribution in [0.15, 0.2) is 40.8 Å². The molecule has 0 aliphatic carbocycles. The molecule has 0 saturated heterocycles. The summed E-state index contributed by atoms with van der Waals surface area (Å²) in [4.78, 5) is 0. The average molecular weight is 192 g/mol. The van der Waals surface area contributed by atoms with Gasteiger partial charge in [-0.3, -0.25) is 0 Å². The van der Waals surface area contributed by atoms with Crippen LogP contribution in [-0.4, -0.2) is 7.85 Å². The Morgan fingerprint density at radius 1 is 1.00 bits per heavy atom. The van der Waals surface area contributed by atoms with Gasteiger partial charge in [0.2, 0.25) is 0 Å². The van der Waals surface area contributed by atoms with Crippen molar-refractivity contribution in [3.8, 4) is 0 Å². The highest BCUT2D eigenvalue weighted by Gasteiger charge is 2.08. The second-order valence-electron chi connectivity index (χ2n) is 3.75. The Kier molecular flexibility index (Phi) is 1.66. The molecule has 70 valence electrons. The van der Waals surface area contributed by atoms with Gasteiger partial charge in [0.1, 0.15) is 19.0 Å². The van der Waals surface area contributed by atoms with Crippen LogP contribution in [0.25, 0.3) is 21.9 Å². The lowest BCUT2D eigenvalue weighted by molar-refractivity contribution is 0.669. The third-order valence-electron chi connectivity index (χ3n) is 2.84. The van der Waals surface area contributed by atoms with Crippen LogP contribution in [0.1, 0.15) is 5.56 Å². The highest BCUT2D eigenvalue weighted by atomic mass is 16.3. The van der Waals surface area contributed by atoms with Gasteiger partial charge in [-0.1, -0.05) is 29.7 Å². The van der Waals surface area contributed by atoms with Gasteiger partial charge in [-0.25, -0.2) is 0 Å². The molecule has 0 bridgehead atoms. The zero-order valence-corrected chi connectivity index (χ0v) is 8.45. The van der Waals surface area contributed by atoms with Crippen LogP contribution in [0.4, 0.5) is 0 Å². The van der Waals surface area contributed by atoms with E-state index in [0.29, 0.717) is 0 Å².